The quantitative estimate of drug-likeness (QED) is 0.806. The van der Waals surface area contributed by atoms with E-state index in [0.717, 1.165) is 32.2 Å². The molecule has 2 N–H and O–H groups in total. The molecule has 0 saturated carbocycles. The first-order chi connectivity index (χ1) is 9.55. The summed E-state index contributed by atoms with van der Waals surface area (Å²) in [6, 6.07) is 0.236. The lowest BCUT2D eigenvalue weighted by Gasteiger charge is -2.38. The summed E-state index contributed by atoms with van der Waals surface area (Å²) in [6.07, 6.45) is 3.88. The molecule has 2 amide bonds. The highest BCUT2D eigenvalue weighted by molar-refractivity contribution is 5.92. The predicted molar refractivity (Wildman–Crippen MR) is 82.3 cm³/mol. The molecular weight excluding hydrogens is 254 g/mol. The summed E-state index contributed by atoms with van der Waals surface area (Å²) in [5.74, 6) is 0.208. The van der Waals surface area contributed by atoms with Gasteiger partial charge in [-0.3, -0.25) is 9.59 Å². The lowest BCUT2D eigenvalue weighted by atomic mass is 10.1. The second-order valence-corrected chi connectivity index (χ2v) is 5.10. The number of nitrogens with zero attached hydrogens (tertiary/aromatic N) is 2. The van der Waals surface area contributed by atoms with Crippen molar-refractivity contribution in [1.29, 1.82) is 0 Å². The minimum absolute atomic E-state index is 0.0982. The van der Waals surface area contributed by atoms with Gasteiger partial charge in [0.2, 0.25) is 11.8 Å². The third kappa shape index (κ3) is 5.90. The van der Waals surface area contributed by atoms with Crippen molar-refractivity contribution in [3.05, 3.63) is 0 Å². The van der Waals surface area contributed by atoms with Gasteiger partial charge in [-0.15, -0.1) is 0 Å². The van der Waals surface area contributed by atoms with E-state index in [-0.39, 0.29) is 30.9 Å². The Morgan fingerprint density at radius 3 is 2.10 bits per heavy atom. The lowest BCUT2D eigenvalue weighted by molar-refractivity contribution is -0.152. The van der Waals surface area contributed by atoms with E-state index >= 15 is 0 Å². The van der Waals surface area contributed by atoms with Crippen LogP contribution in [0, 0.1) is 0 Å². The van der Waals surface area contributed by atoms with Crippen molar-refractivity contribution in [2.75, 3.05) is 26.2 Å². The van der Waals surface area contributed by atoms with E-state index < -0.39 is 0 Å². The second kappa shape index (κ2) is 10.7. The fourth-order valence-electron chi connectivity index (χ4n) is 2.40. The van der Waals surface area contributed by atoms with Crippen LogP contribution in [0.1, 0.15) is 53.4 Å². The Morgan fingerprint density at radius 2 is 1.65 bits per heavy atom. The molecule has 0 spiro atoms. The molecule has 0 aliphatic carbocycles. The van der Waals surface area contributed by atoms with Crippen LogP contribution in [-0.2, 0) is 9.59 Å². The Morgan fingerprint density at radius 1 is 1.05 bits per heavy atom. The zero-order chi connectivity index (χ0) is 15.5. The Bertz CT molecular complexity index is 295. The van der Waals surface area contributed by atoms with Gasteiger partial charge in [-0.25, -0.2) is 0 Å². The van der Waals surface area contributed by atoms with Crippen LogP contribution in [0.3, 0.4) is 0 Å². The molecule has 1 aliphatic rings. The van der Waals surface area contributed by atoms with Gasteiger partial charge >= 0.3 is 0 Å². The van der Waals surface area contributed by atoms with Crippen LogP contribution in [0.5, 0.6) is 0 Å². The summed E-state index contributed by atoms with van der Waals surface area (Å²) in [5.41, 5.74) is 4.85. The molecule has 1 aliphatic heterocycles. The zero-order valence-electron chi connectivity index (χ0n) is 13.5. The number of hydrogen-bond donors (Lipinski definition) is 1. The Balaban J connectivity index is 0.00000110. The molecule has 1 rings (SSSR count). The minimum Gasteiger partial charge on any atom is -0.332 e. The summed E-state index contributed by atoms with van der Waals surface area (Å²) < 4.78 is 0. The molecule has 1 saturated heterocycles. The van der Waals surface area contributed by atoms with Crippen molar-refractivity contribution >= 4 is 11.8 Å². The highest BCUT2D eigenvalue weighted by Gasteiger charge is 2.32. The van der Waals surface area contributed by atoms with Crippen LogP contribution >= 0.6 is 0 Å². The van der Waals surface area contributed by atoms with E-state index in [0.29, 0.717) is 6.54 Å². The molecule has 0 bridgehead atoms. The highest BCUT2D eigenvalue weighted by Crippen LogP contribution is 2.15. The monoisotopic (exact) mass is 285 g/mol. The zero-order valence-corrected chi connectivity index (χ0v) is 13.5. The minimum atomic E-state index is 0.0982. The Kier molecular flexibility index (Phi) is 10.1. The largest absolute Gasteiger partial charge is 0.332 e. The standard InChI is InChI=1S/C13H24N2O2.C2H7N/c1-4-7-11(6-3)15-10-12(16)14(8-5-2)9-13(15)17;1-2-3/h11H,4-10H2,1-3H3;2-3H2,1H3. The maximum absolute atomic E-state index is 12.0. The van der Waals surface area contributed by atoms with E-state index in [9.17, 15) is 9.59 Å². The molecule has 1 heterocycles. The molecule has 20 heavy (non-hydrogen) atoms. The van der Waals surface area contributed by atoms with Crippen molar-refractivity contribution in [3.8, 4) is 0 Å². The number of amides is 2. The van der Waals surface area contributed by atoms with Gasteiger partial charge < -0.3 is 15.5 Å². The number of hydrogen-bond acceptors (Lipinski definition) is 3. The van der Waals surface area contributed by atoms with E-state index in [1.165, 1.54) is 0 Å². The molecule has 5 nitrogen and oxygen atoms in total. The van der Waals surface area contributed by atoms with E-state index in [2.05, 4.69) is 13.8 Å². The van der Waals surface area contributed by atoms with Gasteiger partial charge in [-0.1, -0.05) is 34.1 Å². The maximum atomic E-state index is 12.0. The average Bonchev–Trinajstić information content (AvgIpc) is 2.41. The van der Waals surface area contributed by atoms with Crippen LogP contribution in [-0.4, -0.2) is 53.8 Å². The second-order valence-electron chi connectivity index (χ2n) is 5.10. The first-order valence-corrected chi connectivity index (χ1v) is 7.82. The molecule has 1 unspecified atom stereocenters. The summed E-state index contributed by atoms with van der Waals surface area (Å²) in [4.78, 5) is 27.4. The van der Waals surface area contributed by atoms with Crippen molar-refractivity contribution in [2.24, 2.45) is 5.73 Å². The van der Waals surface area contributed by atoms with Crippen LogP contribution < -0.4 is 5.73 Å². The van der Waals surface area contributed by atoms with Crippen molar-refractivity contribution < 1.29 is 9.59 Å². The summed E-state index contributed by atoms with van der Waals surface area (Å²) in [7, 11) is 0. The fourth-order valence-corrected chi connectivity index (χ4v) is 2.40. The van der Waals surface area contributed by atoms with Crippen LogP contribution in [0.15, 0.2) is 0 Å². The maximum Gasteiger partial charge on any atom is 0.242 e. The van der Waals surface area contributed by atoms with Gasteiger partial charge in [0.25, 0.3) is 0 Å². The van der Waals surface area contributed by atoms with Gasteiger partial charge in [-0.05, 0) is 25.8 Å². The topological polar surface area (TPSA) is 66.6 Å². The number of carbonyl (C=O) groups excluding carboxylic acids is 2. The molecule has 0 radical (unpaired) electrons. The van der Waals surface area contributed by atoms with E-state index in [4.69, 9.17) is 5.73 Å². The summed E-state index contributed by atoms with van der Waals surface area (Å²) in [6.45, 7) is 10.1. The molecule has 118 valence electrons. The highest BCUT2D eigenvalue weighted by atomic mass is 16.2. The van der Waals surface area contributed by atoms with Gasteiger partial charge in [0.15, 0.2) is 0 Å². The molecule has 0 aromatic rings. The van der Waals surface area contributed by atoms with Gasteiger partial charge in [-0.2, -0.15) is 0 Å². The van der Waals surface area contributed by atoms with Crippen LogP contribution in [0.4, 0.5) is 0 Å². The average molecular weight is 285 g/mol. The molecular formula is C15H31N3O2. The number of piperazine rings is 1. The SMILES string of the molecule is CCCC(CC)N1CC(=O)N(CCC)CC1=O.CCN. The van der Waals surface area contributed by atoms with E-state index in [1.807, 2.05) is 13.8 Å². The fraction of sp³-hybridized carbons (Fsp3) is 0.867. The van der Waals surface area contributed by atoms with E-state index in [1.54, 1.807) is 9.80 Å². The van der Waals surface area contributed by atoms with Crippen LogP contribution in [0.2, 0.25) is 0 Å². The molecule has 1 fully saturated rings. The predicted octanol–water partition coefficient (Wildman–Crippen LogP) is 1.61. The first-order valence-electron chi connectivity index (χ1n) is 7.82. The Hall–Kier alpha value is -1.10. The van der Waals surface area contributed by atoms with Gasteiger partial charge in [0.1, 0.15) is 6.54 Å². The van der Waals surface area contributed by atoms with Gasteiger partial charge in [0.05, 0.1) is 6.54 Å². The lowest BCUT2D eigenvalue weighted by Crippen LogP contribution is -2.56. The van der Waals surface area contributed by atoms with Crippen LogP contribution in [0.25, 0.3) is 0 Å². The number of rotatable bonds is 6. The number of carbonyl (C=O) groups is 2. The number of nitrogens with two attached hydrogens (primary N) is 1. The summed E-state index contributed by atoms with van der Waals surface area (Å²) in [5, 5.41) is 0. The smallest absolute Gasteiger partial charge is 0.242 e. The first kappa shape index (κ1) is 18.9. The molecule has 0 aromatic carbocycles. The van der Waals surface area contributed by atoms with Crippen molar-refractivity contribution in [3.63, 3.8) is 0 Å². The molecule has 1 atom stereocenters. The van der Waals surface area contributed by atoms with Crippen molar-refractivity contribution in [2.45, 2.75) is 59.4 Å². The third-order valence-corrected chi connectivity index (χ3v) is 3.33. The normalized spacial score (nSPS) is 16.9. The van der Waals surface area contributed by atoms with Crippen molar-refractivity contribution in [1.82, 2.24) is 9.80 Å². The molecule has 0 aromatic heterocycles. The third-order valence-electron chi connectivity index (χ3n) is 3.33. The summed E-state index contributed by atoms with van der Waals surface area (Å²) >= 11 is 0. The Labute approximate surface area is 123 Å². The molecule has 5 heteroatoms. The van der Waals surface area contributed by atoms with Gasteiger partial charge in [0, 0.05) is 12.6 Å².